The van der Waals surface area contributed by atoms with Crippen molar-refractivity contribution in [3.63, 3.8) is 0 Å². The van der Waals surface area contributed by atoms with E-state index >= 15 is 0 Å². The molecule has 0 atom stereocenters. The minimum absolute atomic E-state index is 0.774. The maximum Gasteiger partial charge on any atom is 0.0490 e. The van der Waals surface area contributed by atoms with Gasteiger partial charge in [-0.05, 0) is 34.9 Å². The number of hydrogen-bond donors (Lipinski definition) is 2. The maximum atomic E-state index is 3.72. The van der Waals surface area contributed by atoms with E-state index < -0.39 is 0 Å². The van der Waals surface area contributed by atoms with Gasteiger partial charge in [-0.3, -0.25) is 0 Å². The number of anilines is 1. The molecule has 4 nitrogen and oxygen atoms in total. The van der Waals surface area contributed by atoms with Crippen LogP contribution in [-0.4, -0.2) is 31.2 Å². The molecule has 0 aromatic heterocycles. The van der Waals surface area contributed by atoms with Gasteiger partial charge in [0, 0.05) is 39.6 Å². The molecule has 0 saturated heterocycles. The standard InChI is InChI=1S/C18H24N4/c1-5-22(4)19-14-15-7-6-8-17(13-15)16-9-11-18(12-10-16)20-21(2)3/h5-13,19-20H,1,14H2,2-4H3. The van der Waals surface area contributed by atoms with E-state index in [1.54, 1.807) is 6.20 Å². The minimum Gasteiger partial charge on any atom is -0.319 e. The third kappa shape index (κ3) is 4.62. The van der Waals surface area contributed by atoms with Gasteiger partial charge >= 0.3 is 0 Å². The first-order valence-corrected chi connectivity index (χ1v) is 7.31. The highest BCUT2D eigenvalue weighted by Crippen LogP contribution is 2.22. The van der Waals surface area contributed by atoms with Crippen LogP contribution in [0.1, 0.15) is 5.56 Å². The quantitative estimate of drug-likeness (QED) is 0.767. The van der Waals surface area contributed by atoms with E-state index in [0.29, 0.717) is 0 Å². The van der Waals surface area contributed by atoms with Gasteiger partial charge < -0.3 is 10.4 Å². The van der Waals surface area contributed by atoms with Crippen LogP contribution in [0.15, 0.2) is 61.3 Å². The second-order valence-corrected chi connectivity index (χ2v) is 5.41. The number of nitrogens with zero attached hydrogens (tertiary/aromatic N) is 2. The van der Waals surface area contributed by atoms with Crippen molar-refractivity contribution in [2.45, 2.75) is 6.54 Å². The molecule has 0 amide bonds. The summed E-state index contributed by atoms with van der Waals surface area (Å²) < 4.78 is 0. The second kappa shape index (κ2) is 7.64. The lowest BCUT2D eigenvalue weighted by Gasteiger charge is -2.16. The van der Waals surface area contributed by atoms with E-state index in [2.05, 4.69) is 66.0 Å². The monoisotopic (exact) mass is 296 g/mol. The summed E-state index contributed by atoms with van der Waals surface area (Å²) in [6, 6.07) is 17.0. The minimum atomic E-state index is 0.774. The predicted octanol–water partition coefficient (Wildman–Crippen LogP) is 3.32. The van der Waals surface area contributed by atoms with Crippen LogP contribution in [0.2, 0.25) is 0 Å². The number of hydrogen-bond acceptors (Lipinski definition) is 4. The van der Waals surface area contributed by atoms with Crippen LogP contribution >= 0.6 is 0 Å². The Bertz CT molecular complexity index is 605. The summed E-state index contributed by atoms with van der Waals surface area (Å²) in [7, 11) is 5.89. The summed E-state index contributed by atoms with van der Waals surface area (Å²) in [4.78, 5) is 0. The molecule has 0 unspecified atom stereocenters. The highest BCUT2D eigenvalue weighted by Gasteiger charge is 2.01. The van der Waals surface area contributed by atoms with E-state index in [1.165, 1.54) is 16.7 Å². The summed E-state index contributed by atoms with van der Waals surface area (Å²) >= 11 is 0. The van der Waals surface area contributed by atoms with E-state index in [-0.39, 0.29) is 0 Å². The Kier molecular flexibility index (Phi) is 5.58. The Labute approximate surface area is 133 Å². The Morgan fingerprint density at radius 3 is 2.36 bits per heavy atom. The Morgan fingerprint density at radius 1 is 1.00 bits per heavy atom. The molecule has 2 aromatic rings. The first-order valence-electron chi connectivity index (χ1n) is 7.31. The lowest BCUT2D eigenvalue weighted by atomic mass is 10.0. The van der Waals surface area contributed by atoms with Crippen LogP contribution in [0.4, 0.5) is 5.69 Å². The fraction of sp³-hybridized carbons (Fsp3) is 0.222. The second-order valence-electron chi connectivity index (χ2n) is 5.41. The number of nitrogens with one attached hydrogen (secondary N) is 2. The van der Waals surface area contributed by atoms with Crippen molar-refractivity contribution in [1.82, 2.24) is 15.4 Å². The van der Waals surface area contributed by atoms with Gasteiger partial charge in [0.15, 0.2) is 0 Å². The SMILES string of the molecule is C=CN(C)NCc1cccc(-c2ccc(NN(C)C)cc2)c1. The molecule has 0 aliphatic rings. The maximum absolute atomic E-state index is 3.72. The summed E-state index contributed by atoms with van der Waals surface area (Å²) in [5.41, 5.74) is 11.3. The molecule has 0 aliphatic heterocycles. The lowest BCUT2D eigenvalue weighted by molar-refractivity contribution is 0.325. The third-order valence-corrected chi connectivity index (χ3v) is 3.30. The zero-order valence-electron chi connectivity index (χ0n) is 13.5. The lowest BCUT2D eigenvalue weighted by Crippen LogP contribution is -2.28. The average molecular weight is 296 g/mol. The molecule has 2 rings (SSSR count). The molecule has 2 N–H and O–H groups in total. The first kappa shape index (κ1) is 16.1. The van der Waals surface area contributed by atoms with Crippen LogP contribution in [0, 0.1) is 0 Å². The molecule has 22 heavy (non-hydrogen) atoms. The van der Waals surface area contributed by atoms with Gasteiger partial charge in [0.2, 0.25) is 0 Å². The Morgan fingerprint density at radius 2 is 1.73 bits per heavy atom. The predicted molar refractivity (Wildman–Crippen MR) is 94.0 cm³/mol. The number of hydrazine groups is 2. The Balaban J connectivity index is 2.10. The van der Waals surface area contributed by atoms with Crippen LogP contribution in [0.5, 0.6) is 0 Å². The third-order valence-electron chi connectivity index (χ3n) is 3.30. The molecule has 0 aliphatic carbocycles. The van der Waals surface area contributed by atoms with Gasteiger partial charge in [-0.15, -0.1) is 0 Å². The molecular formula is C18H24N4. The fourth-order valence-corrected chi connectivity index (χ4v) is 2.14. The van der Waals surface area contributed by atoms with Crippen LogP contribution in [0.25, 0.3) is 11.1 Å². The molecule has 0 radical (unpaired) electrons. The smallest absolute Gasteiger partial charge is 0.0490 e. The molecule has 116 valence electrons. The topological polar surface area (TPSA) is 30.5 Å². The summed E-state index contributed by atoms with van der Waals surface area (Å²) in [6.45, 7) is 4.50. The normalized spacial score (nSPS) is 10.5. The molecular weight excluding hydrogens is 272 g/mol. The largest absolute Gasteiger partial charge is 0.319 e. The molecule has 0 saturated carbocycles. The molecule has 2 aromatic carbocycles. The fourth-order valence-electron chi connectivity index (χ4n) is 2.14. The Hall–Kier alpha value is -2.30. The zero-order valence-corrected chi connectivity index (χ0v) is 13.5. The molecule has 0 bridgehead atoms. The van der Waals surface area contributed by atoms with Gasteiger partial charge in [-0.2, -0.15) is 0 Å². The summed E-state index contributed by atoms with van der Waals surface area (Å²) in [5.74, 6) is 0. The van der Waals surface area contributed by atoms with Crippen molar-refractivity contribution < 1.29 is 0 Å². The van der Waals surface area contributed by atoms with Gasteiger partial charge in [0.05, 0.1) is 0 Å². The summed E-state index contributed by atoms with van der Waals surface area (Å²) in [6.07, 6.45) is 1.75. The van der Waals surface area contributed by atoms with E-state index in [9.17, 15) is 0 Å². The average Bonchev–Trinajstić information content (AvgIpc) is 2.53. The van der Waals surface area contributed by atoms with Crippen LogP contribution < -0.4 is 10.9 Å². The molecule has 4 heteroatoms. The van der Waals surface area contributed by atoms with Gasteiger partial charge in [-0.25, -0.2) is 10.4 Å². The molecule has 0 fully saturated rings. The van der Waals surface area contributed by atoms with E-state index in [4.69, 9.17) is 0 Å². The molecule has 0 spiro atoms. The first-order chi connectivity index (χ1) is 10.6. The highest BCUT2D eigenvalue weighted by molar-refractivity contribution is 5.66. The van der Waals surface area contributed by atoms with Crippen molar-refractivity contribution in [3.05, 3.63) is 66.9 Å². The van der Waals surface area contributed by atoms with Crippen LogP contribution in [0.3, 0.4) is 0 Å². The number of rotatable bonds is 7. The van der Waals surface area contributed by atoms with Crippen LogP contribution in [-0.2, 0) is 6.54 Å². The van der Waals surface area contributed by atoms with Crippen molar-refractivity contribution in [2.24, 2.45) is 0 Å². The number of benzene rings is 2. The summed E-state index contributed by atoms with van der Waals surface area (Å²) in [5, 5.41) is 3.78. The van der Waals surface area contributed by atoms with Crippen molar-refractivity contribution in [1.29, 1.82) is 0 Å². The van der Waals surface area contributed by atoms with Crippen molar-refractivity contribution >= 4 is 5.69 Å². The van der Waals surface area contributed by atoms with Crippen molar-refractivity contribution in [2.75, 3.05) is 26.6 Å². The highest BCUT2D eigenvalue weighted by atomic mass is 15.5. The van der Waals surface area contributed by atoms with Gasteiger partial charge in [-0.1, -0.05) is 36.9 Å². The van der Waals surface area contributed by atoms with E-state index in [0.717, 1.165) is 12.2 Å². The zero-order chi connectivity index (χ0) is 15.9. The van der Waals surface area contributed by atoms with Gasteiger partial charge in [0.1, 0.15) is 0 Å². The van der Waals surface area contributed by atoms with E-state index in [1.807, 2.05) is 31.2 Å². The van der Waals surface area contributed by atoms with Crippen molar-refractivity contribution in [3.8, 4) is 11.1 Å². The molecule has 0 heterocycles. The van der Waals surface area contributed by atoms with Gasteiger partial charge in [0.25, 0.3) is 0 Å².